The smallest absolute Gasteiger partial charge is 0.361 e. The Balaban J connectivity index is 2.20. The molecule has 1 N–H and O–H groups in total. The molecule has 0 heterocycles. The van der Waals surface area contributed by atoms with Gasteiger partial charge in [0.2, 0.25) is 0 Å². The molecule has 2 nitrogen and oxygen atoms in total. The summed E-state index contributed by atoms with van der Waals surface area (Å²) in [6.07, 6.45) is 1.07. The van der Waals surface area contributed by atoms with Gasteiger partial charge < -0.3 is 9.97 Å². The molecular formula is C17H22BNO. The highest BCUT2D eigenvalue weighted by atomic mass is 16.4. The van der Waals surface area contributed by atoms with E-state index in [1.807, 2.05) is 13.1 Å². The zero-order valence-corrected chi connectivity index (χ0v) is 12.3. The Hall–Kier alpha value is -1.58. The number of likely N-dealkylation sites (N-methyl/N-ethyl adjacent to an activating group) is 1. The molecule has 0 aliphatic carbocycles. The highest BCUT2D eigenvalue weighted by Crippen LogP contribution is 2.00. The maximum Gasteiger partial charge on any atom is 0.361 e. The molecule has 3 heteroatoms. The summed E-state index contributed by atoms with van der Waals surface area (Å²) in [6.45, 7) is 3.74. The van der Waals surface area contributed by atoms with Gasteiger partial charge in [-0.15, -0.1) is 0 Å². The molecule has 0 fully saturated rings. The van der Waals surface area contributed by atoms with Crippen LogP contribution in [0.15, 0.2) is 54.6 Å². The maximum atomic E-state index is 6.07. The molecule has 0 amide bonds. The second kappa shape index (κ2) is 7.88. The minimum atomic E-state index is 0.00968. The van der Waals surface area contributed by atoms with Crippen LogP contribution in [0, 0.1) is 0 Å². The van der Waals surface area contributed by atoms with Gasteiger partial charge in [0.25, 0.3) is 0 Å². The molecule has 0 atom stereocenters. The van der Waals surface area contributed by atoms with E-state index in [1.54, 1.807) is 0 Å². The van der Waals surface area contributed by atoms with Gasteiger partial charge in [-0.25, -0.2) is 0 Å². The van der Waals surface area contributed by atoms with Gasteiger partial charge in [-0.3, -0.25) is 0 Å². The van der Waals surface area contributed by atoms with Crippen LogP contribution in [0.5, 0.6) is 0 Å². The van der Waals surface area contributed by atoms with Gasteiger partial charge in [0.15, 0.2) is 0 Å². The van der Waals surface area contributed by atoms with Gasteiger partial charge >= 0.3 is 6.92 Å². The summed E-state index contributed by atoms with van der Waals surface area (Å²) in [6, 6.07) is 19.1. The van der Waals surface area contributed by atoms with E-state index < -0.39 is 0 Å². The molecule has 0 aromatic heterocycles. The van der Waals surface area contributed by atoms with Crippen LogP contribution >= 0.6 is 0 Å². The van der Waals surface area contributed by atoms with Crippen molar-refractivity contribution in [2.75, 3.05) is 20.2 Å². The largest absolute Gasteiger partial charge is 0.426 e. The molecule has 0 unspecified atom stereocenters. The van der Waals surface area contributed by atoms with E-state index in [0.717, 1.165) is 13.0 Å². The quantitative estimate of drug-likeness (QED) is 0.607. The van der Waals surface area contributed by atoms with Crippen molar-refractivity contribution in [1.82, 2.24) is 5.32 Å². The first-order valence-electron chi connectivity index (χ1n) is 7.25. The fourth-order valence-corrected chi connectivity index (χ4v) is 2.22. The zero-order chi connectivity index (χ0) is 14.2. The molecular weight excluding hydrogens is 245 g/mol. The topological polar surface area (TPSA) is 21.3 Å². The van der Waals surface area contributed by atoms with Gasteiger partial charge in [0.1, 0.15) is 0 Å². The van der Waals surface area contributed by atoms with E-state index >= 15 is 0 Å². The fourth-order valence-electron chi connectivity index (χ4n) is 2.22. The number of rotatable bonds is 7. The third-order valence-corrected chi connectivity index (χ3v) is 3.43. The lowest BCUT2D eigenvalue weighted by molar-refractivity contribution is 0.333. The van der Waals surface area contributed by atoms with Gasteiger partial charge in [-0.1, -0.05) is 61.5 Å². The number of nitrogens with one attached hydrogen (secondary N) is 1. The van der Waals surface area contributed by atoms with Crippen LogP contribution in [0.25, 0.3) is 0 Å². The molecule has 2 aromatic carbocycles. The lowest BCUT2D eigenvalue weighted by Gasteiger charge is -2.15. The van der Waals surface area contributed by atoms with Gasteiger partial charge in [-0.05, 0) is 30.0 Å². The normalized spacial score (nSPS) is 10.5. The van der Waals surface area contributed by atoms with Gasteiger partial charge in [0, 0.05) is 13.2 Å². The predicted octanol–water partition coefficient (Wildman–Crippen LogP) is 1.59. The maximum absolute atomic E-state index is 6.07. The van der Waals surface area contributed by atoms with Crippen molar-refractivity contribution >= 4 is 17.8 Å². The summed E-state index contributed by atoms with van der Waals surface area (Å²) in [5.74, 6) is 0. The Labute approximate surface area is 122 Å². The van der Waals surface area contributed by atoms with Gasteiger partial charge in [0.05, 0.1) is 0 Å². The summed E-state index contributed by atoms with van der Waals surface area (Å²) in [5.41, 5.74) is 3.77. The summed E-state index contributed by atoms with van der Waals surface area (Å²) in [4.78, 5) is 0. The second-order valence-electron chi connectivity index (χ2n) is 4.86. The lowest BCUT2D eigenvalue weighted by atomic mass is 9.55. The summed E-state index contributed by atoms with van der Waals surface area (Å²) in [7, 11) is 1.94. The second-order valence-corrected chi connectivity index (χ2v) is 4.86. The van der Waals surface area contributed by atoms with Crippen molar-refractivity contribution in [2.24, 2.45) is 0 Å². The predicted molar refractivity (Wildman–Crippen MR) is 87.2 cm³/mol. The number of hydrogen-bond donors (Lipinski definition) is 1. The van der Waals surface area contributed by atoms with Gasteiger partial charge in [-0.2, -0.15) is 0 Å². The van der Waals surface area contributed by atoms with Crippen molar-refractivity contribution in [3.05, 3.63) is 60.2 Å². The van der Waals surface area contributed by atoms with Crippen molar-refractivity contribution in [3.63, 3.8) is 0 Å². The molecule has 0 saturated carbocycles. The monoisotopic (exact) mass is 267 g/mol. The molecule has 0 spiro atoms. The highest BCUT2D eigenvalue weighted by molar-refractivity contribution is 6.80. The summed E-state index contributed by atoms with van der Waals surface area (Å²) in [5, 5.41) is 3.12. The van der Waals surface area contributed by atoms with Crippen molar-refractivity contribution in [2.45, 2.75) is 13.3 Å². The van der Waals surface area contributed by atoms with E-state index in [-0.39, 0.29) is 6.92 Å². The molecule has 0 bridgehead atoms. The third kappa shape index (κ3) is 3.96. The van der Waals surface area contributed by atoms with Crippen LogP contribution < -0.4 is 16.2 Å². The number of aryl methyl sites for hydroxylation is 1. The summed E-state index contributed by atoms with van der Waals surface area (Å²) < 4.78 is 6.07. The molecule has 104 valence electrons. The minimum absolute atomic E-state index is 0.00968. The Morgan fingerprint density at radius 3 is 2.20 bits per heavy atom. The Kier molecular flexibility index (Phi) is 5.84. The minimum Gasteiger partial charge on any atom is -0.426 e. The first-order valence-corrected chi connectivity index (χ1v) is 7.25. The number of hydrogen-bond acceptors (Lipinski definition) is 2. The molecule has 0 saturated heterocycles. The van der Waals surface area contributed by atoms with Crippen LogP contribution in [0.2, 0.25) is 0 Å². The van der Waals surface area contributed by atoms with Crippen LogP contribution in [0.4, 0.5) is 0 Å². The van der Waals surface area contributed by atoms with Crippen LogP contribution in [-0.4, -0.2) is 27.1 Å². The zero-order valence-electron chi connectivity index (χ0n) is 12.3. The first-order chi connectivity index (χ1) is 9.85. The Bertz CT molecular complexity index is 498. The van der Waals surface area contributed by atoms with E-state index in [0.29, 0.717) is 6.61 Å². The summed E-state index contributed by atoms with van der Waals surface area (Å²) >= 11 is 0. The van der Waals surface area contributed by atoms with E-state index in [1.165, 1.54) is 16.5 Å². The Morgan fingerprint density at radius 2 is 1.60 bits per heavy atom. The average Bonchev–Trinajstić information content (AvgIpc) is 2.53. The van der Waals surface area contributed by atoms with E-state index in [4.69, 9.17) is 4.65 Å². The average molecular weight is 267 g/mol. The van der Waals surface area contributed by atoms with E-state index in [2.05, 4.69) is 60.8 Å². The van der Waals surface area contributed by atoms with E-state index in [9.17, 15) is 0 Å². The molecule has 20 heavy (non-hydrogen) atoms. The molecule has 0 aliphatic rings. The van der Waals surface area contributed by atoms with Crippen LogP contribution in [0.3, 0.4) is 0 Å². The molecule has 0 aliphatic heterocycles. The molecule has 2 rings (SSSR count). The number of benzene rings is 2. The van der Waals surface area contributed by atoms with Crippen molar-refractivity contribution < 1.29 is 4.65 Å². The lowest BCUT2D eigenvalue weighted by Crippen LogP contribution is -2.45. The molecule has 0 radical (unpaired) electrons. The fraction of sp³-hybridized carbons (Fsp3) is 0.294. The van der Waals surface area contributed by atoms with Crippen molar-refractivity contribution in [1.29, 1.82) is 0 Å². The SMILES string of the molecule is CCc1ccc(B(OCCNC)c2ccccc2)cc1. The molecule has 2 aromatic rings. The third-order valence-electron chi connectivity index (χ3n) is 3.43. The van der Waals surface area contributed by atoms with Crippen molar-refractivity contribution in [3.8, 4) is 0 Å². The standard InChI is InChI=1S/C17H22BNO/c1-3-15-9-11-17(12-10-15)18(20-14-13-19-2)16-7-5-4-6-8-16/h4-12,19H,3,13-14H2,1-2H3. The highest BCUT2D eigenvalue weighted by Gasteiger charge is 2.20. The Morgan fingerprint density at radius 1 is 0.950 bits per heavy atom. The van der Waals surface area contributed by atoms with Crippen LogP contribution in [0.1, 0.15) is 12.5 Å². The van der Waals surface area contributed by atoms with Crippen LogP contribution in [-0.2, 0) is 11.1 Å². The first kappa shape index (κ1) is 14.8.